The number of aromatic hydroxyl groups is 3. The molecule has 3 rings (SSSR count). The quantitative estimate of drug-likeness (QED) is 0.417. The van der Waals surface area contributed by atoms with Gasteiger partial charge in [-0.1, -0.05) is 6.08 Å². The lowest BCUT2D eigenvalue weighted by Crippen LogP contribution is -2.34. The smallest absolute Gasteiger partial charge is 0.338 e. The Morgan fingerprint density at radius 2 is 2.00 bits per heavy atom. The van der Waals surface area contributed by atoms with Gasteiger partial charge in [0, 0.05) is 18.8 Å². The number of allylic oxidation sites excluding steroid dienone is 2. The van der Waals surface area contributed by atoms with Crippen molar-refractivity contribution in [3.05, 3.63) is 35.1 Å². The summed E-state index contributed by atoms with van der Waals surface area (Å²) in [6, 6.07) is -0.0262. The number of likely N-dealkylation sites (N-methyl/N-ethyl adjacent to an activating group) is 1. The molecule has 1 unspecified atom stereocenters. The molecule has 1 aromatic carbocycles. The van der Waals surface area contributed by atoms with Crippen molar-refractivity contribution in [2.75, 3.05) is 12.4 Å². The van der Waals surface area contributed by atoms with E-state index in [1.54, 1.807) is 7.05 Å². The number of anilines is 1. The van der Waals surface area contributed by atoms with E-state index in [2.05, 4.69) is 5.32 Å². The van der Waals surface area contributed by atoms with E-state index in [9.17, 15) is 30.0 Å². The average Bonchev–Trinajstić information content (AvgIpc) is 2.80. The lowest BCUT2D eigenvalue weighted by molar-refractivity contribution is -0.126. The summed E-state index contributed by atoms with van der Waals surface area (Å²) in [7, 11) is 1.61. The Kier molecular flexibility index (Phi) is 3.59. The van der Waals surface area contributed by atoms with Crippen LogP contribution in [0.25, 0.3) is 0 Å². The van der Waals surface area contributed by atoms with Crippen LogP contribution in [0.3, 0.4) is 0 Å². The second kappa shape index (κ2) is 5.48. The lowest BCUT2D eigenvalue weighted by atomic mass is 9.97. The van der Waals surface area contributed by atoms with Crippen molar-refractivity contribution in [2.45, 2.75) is 18.9 Å². The summed E-state index contributed by atoms with van der Waals surface area (Å²) in [5.41, 5.74) is 0.767. The largest absolute Gasteiger partial charge is 0.504 e. The number of phenolic OH excluding ortho intramolecular Hbond substituents is 3. The summed E-state index contributed by atoms with van der Waals surface area (Å²) in [5.74, 6) is -4.14. The standard InChI is InChI=1S/C16H16N2O6/c1-18-9-5-3-2-4-7(9)12(15(18)22)17-11-8(16(23)24)6-10(19)13(20)14(11)21/h3,5-6,12,17,19-21H,2,4H2,1H3,(H,23,24). The van der Waals surface area contributed by atoms with Gasteiger partial charge in [-0.25, -0.2) is 4.79 Å². The van der Waals surface area contributed by atoms with Crippen molar-refractivity contribution in [2.24, 2.45) is 0 Å². The van der Waals surface area contributed by atoms with E-state index < -0.39 is 34.8 Å². The first-order valence-electron chi connectivity index (χ1n) is 7.27. The van der Waals surface area contributed by atoms with Crippen LogP contribution in [0.4, 0.5) is 5.69 Å². The number of rotatable bonds is 3. The van der Waals surface area contributed by atoms with Gasteiger partial charge in [0.2, 0.25) is 5.75 Å². The highest BCUT2D eigenvalue weighted by Crippen LogP contribution is 2.44. The Morgan fingerprint density at radius 3 is 2.67 bits per heavy atom. The number of nitrogens with one attached hydrogen (secondary N) is 1. The first-order chi connectivity index (χ1) is 11.3. The maximum Gasteiger partial charge on any atom is 0.338 e. The molecule has 0 fully saturated rings. The molecule has 1 amide bonds. The topological polar surface area (TPSA) is 130 Å². The minimum atomic E-state index is -1.42. The van der Waals surface area contributed by atoms with Crippen LogP contribution in [0.2, 0.25) is 0 Å². The zero-order valence-corrected chi connectivity index (χ0v) is 12.8. The normalized spacial score (nSPS) is 19.6. The fraction of sp³-hybridized carbons (Fsp3) is 0.250. The van der Waals surface area contributed by atoms with Gasteiger partial charge in [0.1, 0.15) is 6.04 Å². The fourth-order valence-corrected chi connectivity index (χ4v) is 3.00. The number of hydrogen-bond donors (Lipinski definition) is 5. The molecule has 0 spiro atoms. The number of aromatic carboxylic acids is 1. The third-order valence-corrected chi connectivity index (χ3v) is 4.25. The Bertz CT molecular complexity index is 811. The van der Waals surface area contributed by atoms with Crippen molar-refractivity contribution >= 4 is 17.6 Å². The van der Waals surface area contributed by atoms with Gasteiger partial charge in [0.05, 0.1) is 11.3 Å². The maximum absolute atomic E-state index is 12.5. The summed E-state index contributed by atoms with van der Waals surface area (Å²) < 4.78 is 0. The first kappa shape index (κ1) is 15.7. The van der Waals surface area contributed by atoms with Crippen LogP contribution in [-0.2, 0) is 4.79 Å². The molecule has 0 saturated heterocycles. The second-order valence-corrected chi connectivity index (χ2v) is 5.65. The molecule has 8 nitrogen and oxygen atoms in total. The van der Waals surface area contributed by atoms with Crippen LogP contribution in [0.5, 0.6) is 17.2 Å². The molecule has 1 atom stereocenters. The molecular weight excluding hydrogens is 316 g/mol. The van der Waals surface area contributed by atoms with Crippen LogP contribution in [0.1, 0.15) is 23.2 Å². The molecule has 0 radical (unpaired) electrons. The SMILES string of the molecule is CN1C(=O)C(Nc2c(C(=O)O)cc(O)c(O)c2O)C2=C1C=CCC2. The van der Waals surface area contributed by atoms with Gasteiger partial charge < -0.3 is 30.6 Å². The molecule has 2 aliphatic rings. The lowest BCUT2D eigenvalue weighted by Gasteiger charge is -2.20. The summed E-state index contributed by atoms with van der Waals surface area (Å²) in [5, 5.41) is 41.2. The Morgan fingerprint density at radius 1 is 1.29 bits per heavy atom. The van der Waals surface area contributed by atoms with Crippen LogP contribution in [0.15, 0.2) is 29.5 Å². The fourth-order valence-electron chi connectivity index (χ4n) is 3.00. The maximum atomic E-state index is 12.5. The number of benzene rings is 1. The molecule has 1 aliphatic heterocycles. The van der Waals surface area contributed by atoms with E-state index in [4.69, 9.17) is 0 Å². The highest BCUT2D eigenvalue weighted by Gasteiger charge is 2.38. The van der Waals surface area contributed by atoms with E-state index in [0.29, 0.717) is 6.42 Å². The van der Waals surface area contributed by atoms with Gasteiger partial charge in [-0.05, 0) is 24.5 Å². The molecule has 1 aliphatic carbocycles. The van der Waals surface area contributed by atoms with Crippen molar-refractivity contribution in [1.82, 2.24) is 4.90 Å². The minimum Gasteiger partial charge on any atom is -0.504 e. The zero-order chi connectivity index (χ0) is 17.6. The summed E-state index contributed by atoms with van der Waals surface area (Å²) in [6.45, 7) is 0. The summed E-state index contributed by atoms with van der Waals surface area (Å²) in [4.78, 5) is 25.3. The third-order valence-electron chi connectivity index (χ3n) is 4.25. The van der Waals surface area contributed by atoms with Crippen molar-refractivity contribution in [1.29, 1.82) is 0 Å². The van der Waals surface area contributed by atoms with Crippen LogP contribution in [-0.4, -0.2) is 50.3 Å². The van der Waals surface area contributed by atoms with Crippen molar-refractivity contribution < 1.29 is 30.0 Å². The van der Waals surface area contributed by atoms with Gasteiger partial charge in [0.15, 0.2) is 11.5 Å². The Balaban J connectivity index is 2.07. The number of phenols is 3. The van der Waals surface area contributed by atoms with Crippen molar-refractivity contribution in [3.8, 4) is 17.2 Å². The van der Waals surface area contributed by atoms with E-state index in [1.165, 1.54) is 4.90 Å². The molecule has 1 heterocycles. The van der Waals surface area contributed by atoms with Crippen LogP contribution < -0.4 is 5.32 Å². The number of carbonyl (C=O) groups excluding carboxylic acids is 1. The van der Waals surface area contributed by atoms with Gasteiger partial charge in [0.25, 0.3) is 5.91 Å². The molecule has 126 valence electrons. The molecule has 0 saturated carbocycles. The molecular formula is C16H16N2O6. The molecule has 5 N–H and O–H groups in total. The summed E-state index contributed by atoms with van der Waals surface area (Å²) in [6.07, 6.45) is 5.13. The predicted molar refractivity (Wildman–Crippen MR) is 84.0 cm³/mol. The number of amides is 1. The highest BCUT2D eigenvalue weighted by atomic mass is 16.4. The first-order valence-corrected chi connectivity index (χ1v) is 7.27. The summed E-state index contributed by atoms with van der Waals surface area (Å²) >= 11 is 0. The van der Waals surface area contributed by atoms with E-state index in [-0.39, 0.29) is 11.6 Å². The zero-order valence-electron chi connectivity index (χ0n) is 12.8. The van der Waals surface area contributed by atoms with Gasteiger partial charge >= 0.3 is 5.97 Å². The second-order valence-electron chi connectivity index (χ2n) is 5.65. The number of hydrogen-bond acceptors (Lipinski definition) is 6. The van der Waals surface area contributed by atoms with E-state index >= 15 is 0 Å². The van der Waals surface area contributed by atoms with Crippen LogP contribution >= 0.6 is 0 Å². The van der Waals surface area contributed by atoms with Crippen LogP contribution in [0, 0.1) is 0 Å². The Hall–Kier alpha value is -3.16. The van der Waals surface area contributed by atoms with Gasteiger partial charge in [-0.15, -0.1) is 0 Å². The van der Waals surface area contributed by atoms with Crippen molar-refractivity contribution in [3.63, 3.8) is 0 Å². The predicted octanol–water partition coefficient (Wildman–Crippen LogP) is 1.36. The molecule has 8 heteroatoms. The van der Waals surface area contributed by atoms with E-state index in [0.717, 1.165) is 23.8 Å². The molecule has 0 aromatic heterocycles. The number of nitrogens with zero attached hydrogens (tertiary/aromatic N) is 1. The van der Waals surface area contributed by atoms with E-state index in [1.807, 2.05) is 12.2 Å². The van der Waals surface area contributed by atoms with Gasteiger partial charge in [-0.2, -0.15) is 0 Å². The number of carbonyl (C=O) groups is 2. The average molecular weight is 332 g/mol. The number of carboxylic acid groups (broad SMARTS) is 1. The molecule has 1 aromatic rings. The Labute approximate surface area is 136 Å². The third kappa shape index (κ3) is 2.23. The monoisotopic (exact) mass is 332 g/mol. The molecule has 24 heavy (non-hydrogen) atoms. The van der Waals surface area contributed by atoms with Gasteiger partial charge in [-0.3, -0.25) is 4.79 Å². The highest BCUT2D eigenvalue weighted by molar-refractivity contribution is 6.00. The number of carboxylic acids is 1. The minimum absolute atomic E-state index is 0.296. The molecule has 0 bridgehead atoms.